The Morgan fingerprint density at radius 1 is 0.793 bits per heavy atom. The number of aliphatic carboxylic acids is 1. The number of ether oxygens (including phenoxy) is 4. The second-order valence-electron chi connectivity index (χ2n) is 17.4. The Bertz CT molecular complexity index is 4040. The second-order valence-corrected chi connectivity index (χ2v) is 25.4. The lowest BCUT2D eigenvalue weighted by molar-refractivity contribution is -0.142. The fourth-order valence-corrected chi connectivity index (χ4v) is 11.3. The molecule has 0 fully saturated rings. The Kier molecular flexibility index (Phi) is 29.1. The van der Waals surface area contributed by atoms with Gasteiger partial charge in [0.25, 0.3) is 20.0 Å². The van der Waals surface area contributed by atoms with Crippen molar-refractivity contribution in [3.05, 3.63) is 105 Å². The van der Waals surface area contributed by atoms with Gasteiger partial charge in [-0.05, 0) is 68.7 Å². The number of sulfone groups is 1. The van der Waals surface area contributed by atoms with Crippen molar-refractivity contribution in [2.75, 3.05) is 57.2 Å². The zero-order valence-electron chi connectivity index (χ0n) is 48.5. The number of pyridine rings is 1. The quantitative estimate of drug-likeness (QED) is 0.0190. The average molecular weight is 1430 g/mol. The van der Waals surface area contributed by atoms with Gasteiger partial charge in [-0.3, -0.25) is 30.1 Å². The van der Waals surface area contributed by atoms with Crippen molar-refractivity contribution in [2.24, 2.45) is 0 Å². The van der Waals surface area contributed by atoms with Gasteiger partial charge in [0.2, 0.25) is 23.7 Å². The molecule has 92 heavy (non-hydrogen) atoms. The third-order valence-electron chi connectivity index (χ3n) is 10.6. The summed E-state index contributed by atoms with van der Waals surface area (Å²) in [5.41, 5.74) is -1.44. The van der Waals surface area contributed by atoms with Crippen LogP contribution in [0.3, 0.4) is 0 Å². The molecule has 4 aromatic heterocycles. The summed E-state index contributed by atoms with van der Waals surface area (Å²) in [5.74, 6) is -3.64. The largest absolute Gasteiger partial charge is 0.481 e. The van der Waals surface area contributed by atoms with Crippen molar-refractivity contribution in [2.45, 2.75) is 79.9 Å². The van der Waals surface area contributed by atoms with Gasteiger partial charge in [-0.2, -0.15) is 60.0 Å². The Morgan fingerprint density at radius 3 is 1.89 bits per heavy atom. The van der Waals surface area contributed by atoms with E-state index in [4.69, 9.17) is 57.0 Å². The van der Waals surface area contributed by atoms with E-state index in [1.165, 1.54) is 72.4 Å². The van der Waals surface area contributed by atoms with Crippen LogP contribution in [-0.4, -0.2) is 166 Å². The van der Waals surface area contributed by atoms with Crippen LogP contribution in [0, 0.1) is 19.7 Å². The molecule has 45 heteroatoms. The molecule has 6 aromatic rings. The Labute approximate surface area is 527 Å². The van der Waals surface area contributed by atoms with Crippen LogP contribution >= 0.6 is 30.8 Å². The highest BCUT2D eigenvalue weighted by Crippen LogP contribution is 2.32. The summed E-state index contributed by atoms with van der Waals surface area (Å²) in [6, 6.07) is 8.31. The maximum atomic E-state index is 14.2. The molecule has 0 saturated heterocycles. The second kappa shape index (κ2) is 34.3. The number of urea groups is 2. The SMILES string of the molecule is CCOC(=O)C(Cl)Cc1cc(-n2nc(C)n(C(F)F)c2=O)c(F)cc1Cl.CCS(=O)(=O)c1cccnc1S(=O)(=O)NC(=O)Nc1nc(OC)cc(OC)n1.COc1nc(C)nc(NC(=O)NS(=O)(=O)c2ccccc2CCC(F)(F)F)n1.O=C(O)CNCP(=O)(O)O. The highest BCUT2D eigenvalue weighted by atomic mass is 35.5. The van der Waals surface area contributed by atoms with E-state index in [0.29, 0.717) is 4.68 Å². The topological polar surface area (TPSA) is 463 Å². The molecule has 4 heterocycles. The Hall–Kier alpha value is -8.38. The summed E-state index contributed by atoms with van der Waals surface area (Å²) in [6.07, 6.45) is -5.81. The van der Waals surface area contributed by atoms with Crippen LogP contribution < -0.4 is 45.3 Å². The van der Waals surface area contributed by atoms with Crippen molar-refractivity contribution in [3.63, 3.8) is 0 Å². The molecule has 33 nitrogen and oxygen atoms in total. The molecule has 0 aliphatic heterocycles. The number of amides is 4. The number of hydrogen-bond acceptors (Lipinski definition) is 24. The van der Waals surface area contributed by atoms with Gasteiger partial charge in [-0.1, -0.05) is 36.7 Å². The first-order chi connectivity index (χ1) is 42.7. The van der Waals surface area contributed by atoms with Crippen LogP contribution in [0.5, 0.6) is 17.8 Å². The fourth-order valence-electron chi connectivity index (χ4n) is 6.67. The molecule has 0 aliphatic rings. The normalized spacial score (nSPS) is 11.8. The van der Waals surface area contributed by atoms with Gasteiger partial charge in [-0.25, -0.2) is 54.6 Å². The number of carboxylic acids is 1. The van der Waals surface area contributed by atoms with Crippen molar-refractivity contribution in [3.8, 4) is 23.5 Å². The number of esters is 1. The lowest BCUT2D eigenvalue weighted by Crippen LogP contribution is -2.36. The average Bonchev–Trinajstić information content (AvgIpc) is 1.40. The maximum absolute atomic E-state index is 14.2. The number of anilines is 2. The highest BCUT2D eigenvalue weighted by Gasteiger charge is 2.31. The zero-order valence-corrected chi connectivity index (χ0v) is 53.3. The van der Waals surface area contributed by atoms with Crippen LogP contribution in [0.15, 0.2) is 80.4 Å². The first-order valence-corrected chi connectivity index (χ1v) is 32.4. The number of benzene rings is 2. The van der Waals surface area contributed by atoms with E-state index < -0.39 is 132 Å². The summed E-state index contributed by atoms with van der Waals surface area (Å²) >= 11 is 11.9. The number of carbonyl (C=O) groups is 4. The lowest BCUT2D eigenvalue weighted by atomic mass is 10.1. The predicted octanol–water partition coefficient (Wildman–Crippen LogP) is 4.43. The molecule has 0 saturated carbocycles. The number of carbonyl (C=O) groups excluding carboxylic acids is 3. The van der Waals surface area contributed by atoms with E-state index in [1.807, 2.05) is 0 Å². The third kappa shape index (κ3) is 24.7. The molecule has 506 valence electrons. The fraction of sp³-hybridized carbons (Fsp3) is 0.362. The summed E-state index contributed by atoms with van der Waals surface area (Å²) < 4.78 is 185. The minimum absolute atomic E-state index is 0.0424. The van der Waals surface area contributed by atoms with E-state index in [9.17, 15) is 80.1 Å². The van der Waals surface area contributed by atoms with Gasteiger partial charge < -0.3 is 33.8 Å². The zero-order chi connectivity index (χ0) is 69.7. The number of nitrogens with zero attached hydrogens (tertiary/aromatic N) is 9. The number of methoxy groups -OCH3 is 3. The summed E-state index contributed by atoms with van der Waals surface area (Å²) in [7, 11) is -13.1. The van der Waals surface area contributed by atoms with Gasteiger partial charge in [0.05, 0.1) is 57.5 Å². The molecule has 8 N–H and O–H groups in total. The van der Waals surface area contributed by atoms with Crippen molar-refractivity contribution >= 4 is 96.6 Å². The standard InChI is InChI=1S/C15H14Cl2F3N3O3.C15H16F3N5O4S.C14H17N5O7S2.C3H8NO5P/c1-3-26-13(24)10(17)4-8-5-12(11(18)6-9(8)16)23-15(25)22(14(19)20)7(2)21-23;1-9-19-12(22-14(20-9)27-2)21-13(24)23-28(25,26)11-6-4-3-5-10(11)7-8-15(16,17)18;1-4-27(21,22)9-6-5-7-15-12(9)28(23,24)19-14(20)18-13-16-10(25-2)8-11(17-13)26-3;5-3(6)1-4-2-10(7,8)9/h5-6,10,14H,3-4H2,1-2H3;3-6H,7-8H2,1-2H3,(H2,19,20,21,22,23,24);5-8H,4H2,1-3H3,(H2,16,17,18,19,20);4H,1-2H2,(H,5,6)(H2,7,8,9). The minimum atomic E-state index is -4.61. The molecule has 0 aliphatic carbocycles. The van der Waals surface area contributed by atoms with Crippen molar-refractivity contribution in [1.82, 2.24) is 59.0 Å². The number of alkyl halides is 6. The molecule has 0 radical (unpaired) electrons. The van der Waals surface area contributed by atoms with Crippen LogP contribution in [0.2, 0.25) is 5.02 Å². The Morgan fingerprint density at radius 2 is 1.37 bits per heavy atom. The van der Waals surface area contributed by atoms with Gasteiger partial charge in [0, 0.05) is 24.1 Å². The van der Waals surface area contributed by atoms with Gasteiger partial charge >= 0.3 is 56.0 Å². The third-order valence-corrected chi connectivity index (χ3v) is 16.5. The summed E-state index contributed by atoms with van der Waals surface area (Å²) in [4.78, 5) is 95.6. The summed E-state index contributed by atoms with van der Waals surface area (Å²) in [5, 5.41) is 16.0. The number of nitrogens with one attached hydrogen (secondary N) is 5. The molecule has 1 unspecified atom stereocenters. The van der Waals surface area contributed by atoms with E-state index in [0.717, 1.165) is 30.5 Å². The first-order valence-electron chi connectivity index (χ1n) is 25.2. The van der Waals surface area contributed by atoms with Crippen molar-refractivity contribution in [1.29, 1.82) is 0 Å². The number of carboxylic acid groups (broad SMARTS) is 1. The van der Waals surface area contributed by atoms with E-state index in [-0.39, 0.29) is 86.5 Å². The van der Waals surface area contributed by atoms with Crippen LogP contribution in [-0.2, 0) is 61.6 Å². The van der Waals surface area contributed by atoms with Gasteiger partial charge in [0.1, 0.15) is 27.6 Å². The summed E-state index contributed by atoms with van der Waals surface area (Å²) in [6.45, 7) is 2.22. The molecule has 0 spiro atoms. The van der Waals surface area contributed by atoms with E-state index in [1.54, 1.807) is 16.4 Å². The smallest absolute Gasteiger partial charge is 0.389 e. The first kappa shape index (κ1) is 77.9. The van der Waals surface area contributed by atoms with E-state index in [2.05, 4.69) is 51.0 Å². The lowest BCUT2D eigenvalue weighted by Gasteiger charge is -2.13. The number of aryl methyl sites for hydroxylation is 3. The molecule has 2 aromatic carbocycles. The molecular weight excluding hydrogens is 1380 g/mol. The van der Waals surface area contributed by atoms with Crippen LogP contribution in [0.25, 0.3) is 5.69 Å². The predicted molar refractivity (Wildman–Crippen MR) is 309 cm³/mol. The number of hydrogen-bond donors (Lipinski definition) is 8. The van der Waals surface area contributed by atoms with Gasteiger partial charge in [0.15, 0.2) is 20.7 Å². The van der Waals surface area contributed by atoms with E-state index >= 15 is 0 Å². The minimum Gasteiger partial charge on any atom is -0.481 e. The number of aromatic nitrogens is 9. The maximum Gasteiger partial charge on any atom is 0.389 e. The highest BCUT2D eigenvalue weighted by molar-refractivity contribution is 7.93. The number of halogens is 8. The molecule has 6 rings (SSSR count). The van der Waals surface area contributed by atoms with Crippen molar-refractivity contribution < 1.29 is 109 Å². The molecule has 0 bridgehead atoms. The molecular formula is C47H55Cl2F6N14O19PS3. The monoisotopic (exact) mass is 1430 g/mol. The molecule has 4 amide bonds. The molecule has 1 atom stereocenters. The van der Waals surface area contributed by atoms with Crippen LogP contribution in [0.1, 0.15) is 49.6 Å². The number of sulfonamides is 2. The Balaban J connectivity index is 0.000000335. The van der Waals surface area contributed by atoms with Crippen LogP contribution in [0.4, 0.5) is 47.8 Å². The number of rotatable bonds is 23. The van der Waals surface area contributed by atoms with Gasteiger partial charge in [-0.15, -0.1) is 16.7 Å².